The average molecular weight is 422 g/mol. The third-order valence-corrected chi connectivity index (χ3v) is 5.33. The van der Waals surface area contributed by atoms with E-state index in [1.807, 2.05) is 41.9 Å². The van der Waals surface area contributed by atoms with E-state index in [1.54, 1.807) is 24.3 Å². The minimum Gasteiger partial charge on any atom is -0.465 e. The predicted molar refractivity (Wildman–Crippen MR) is 113 cm³/mol. The molecule has 0 bridgehead atoms. The molecule has 0 spiro atoms. The lowest BCUT2D eigenvalue weighted by Gasteiger charge is -2.08. The zero-order valence-corrected chi connectivity index (χ0v) is 17.1. The SMILES string of the molecule is COC(=O)c1ccccc1NC(=O)CSc1nnc(-c2cc3ccccc3n2C)o1. The lowest BCUT2D eigenvalue weighted by Crippen LogP contribution is -2.17. The third-order valence-electron chi connectivity index (χ3n) is 4.51. The van der Waals surface area contributed by atoms with Gasteiger partial charge >= 0.3 is 5.97 Å². The molecule has 0 fully saturated rings. The Morgan fingerprint density at radius 3 is 2.70 bits per heavy atom. The molecule has 8 nitrogen and oxygen atoms in total. The lowest BCUT2D eigenvalue weighted by atomic mass is 10.2. The van der Waals surface area contributed by atoms with Crippen molar-refractivity contribution in [3.63, 3.8) is 0 Å². The fraction of sp³-hybridized carbons (Fsp3) is 0.143. The number of rotatable bonds is 6. The Morgan fingerprint density at radius 2 is 1.90 bits per heavy atom. The highest BCUT2D eigenvalue weighted by molar-refractivity contribution is 7.99. The number of aromatic nitrogens is 3. The van der Waals surface area contributed by atoms with Gasteiger partial charge in [0.1, 0.15) is 5.69 Å². The Bertz CT molecular complexity index is 1230. The number of hydrogen-bond donors (Lipinski definition) is 1. The van der Waals surface area contributed by atoms with E-state index in [2.05, 4.69) is 15.5 Å². The molecule has 1 N–H and O–H groups in total. The summed E-state index contributed by atoms with van der Waals surface area (Å²) in [7, 11) is 3.22. The number of amides is 1. The Balaban J connectivity index is 1.43. The minimum atomic E-state index is -0.518. The van der Waals surface area contributed by atoms with Crippen LogP contribution in [0.1, 0.15) is 10.4 Å². The van der Waals surface area contributed by atoms with Gasteiger partial charge in [-0.1, -0.05) is 42.1 Å². The second-order valence-corrected chi connectivity index (χ2v) is 7.32. The summed E-state index contributed by atoms with van der Waals surface area (Å²) in [5.74, 6) is -0.393. The first-order chi connectivity index (χ1) is 14.6. The molecule has 1 amide bonds. The van der Waals surface area contributed by atoms with Crippen LogP contribution in [0.4, 0.5) is 5.69 Å². The van der Waals surface area contributed by atoms with Crippen LogP contribution in [0.5, 0.6) is 0 Å². The van der Waals surface area contributed by atoms with Gasteiger partial charge in [0.2, 0.25) is 5.91 Å². The van der Waals surface area contributed by atoms with Crippen LogP contribution in [0, 0.1) is 0 Å². The second-order valence-electron chi connectivity index (χ2n) is 6.39. The third kappa shape index (κ3) is 3.92. The summed E-state index contributed by atoms with van der Waals surface area (Å²) in [4.78, 5) is 24.1. The number of thioether (sulfide) groups is 1. The first kappa shape index (κ1) is 19.7. The van der Waals surface area contributed by atoms with E-state index in [1.165, 1.54) is 7.11 Å². The lowest BCUT2D eigenvalue weighted by molar-refractivity contribution is -0.113. The smallest absolute Gasteiger partial charge is 0.339 e. The van der Waals surface area contributed by atoms with Crippen LogP contribution in [-0.4, -0.2) is 39.5 Å². The molecule has 0 aliphatic heterocycles. The number of ether oxygens (including phenoxy) is 1. The Morgan fingerprint density at radius 1 is 1.13 bits per heavy atom. The molecule has 4 rings (SSSR count). The monoisotopic (exact) mass is 422 g/mol. The summed E-state index contributed by atoms with van der Waals surface area (Å²) in [5, 5.41) is 12.2. The number of benzene rings is 2. The quantitative estimate of drug-likeness (QED) is 0.373. The summed E-state index contributed by atoms with van der Waals surface area (Å²) in [6.07, 6.45) is 0. The van der Waals surface area contributed by atoms with Crippen LogP contribution in [0.25, 0.3) is 22.5 Å². The molecule has 0 aliphatic carbocycles. The highest BCUT2D eigenvalue weighted by Crippen LogP contribution is 2.28. The first-order valence-electron chi connectivity index (χ1n) is 9.05. The summed E-state index contributed by atoms with van der Waals surface area (Å²) in [6.45, 7) is 0. The molecule has 9 heteroatoms. The van der Waals surface area contributed by atoms with Gasteiger partial charge in [0.15, 0.2) is 0 Å². The molecule has 2 aromatic heterocycles. The molecule has 0 atom stereocenters. The van der Waals surface area contributed by atoms with Crippen molar-refractivity contribution in [2.45, 2.75) is 5.22 Å². The van der Waals surface area contributed by atoms with E-state index in [-0.39, 0.29) is 22.4 Å². The van der Waals surface area contributed by atoms with Crippen LogP contribution in [0.3, 0.4) is 0 Å². The van der Waals surface area contributed by atoms with Crippen molar-refractivity contribution in [3.05, 3.63) is 60.2 Å². The van der Waals surface area contributed by atoms with Gasteiger partial charge in [0, 0.05) is 18.0 Å². The maximum absolute atomic E-state index is 12.3. The van der Waals surface area contributed by atoms with Crippen LogP contribution in [0.15, 0.2) is 64.2 Å². The summed E-state index contributed by atoms with van der Waals surface area (Å²) < 4.78 is 12.4. The van der Waals surface area contributed by atoms with Crippen molar-refractivity contribution >= 4 is 40.2 Å². The van der Waals surface area contributed by atoms with Crippen LogP contribution < -0.4 is 5.32 Å². The fourth-order valence-electron chi connectivity index (χ4n) is 3.06. The minimum absolute atomic E-state index is 0.0479. The van der Waals surface area contributed by atoms with E-state index in [9.17, 15) is 9.59 Å². The van der Waals surface area contributed by atoms with Gasteiger partial charge in [-0.2, -0.15) is 0 Å². The molecule has 0 saturated heterocycles. The number of methoxy groups -OCH3 is 1. The van der Waals surface area contributed by atoms with Crippen molar-refractivity contribution in [2.24, 2.45) is 7.05 Å². The average Bonchev–Trinajstić information content (AvgIpc) is 3.37. The number of aryl methyl sites for hydroxylation is 1. The van der Waals surface area contributed by atoms with Gasteiger partial charge in [-0.3, -0.25) is 4.79 Å². The van der Waals surface area contributed by atoms with Crippen LogP contribution in [0.2, 0.25) is 0 Å². The molecule has 2 aromatic carbocycles. The number of esters is 1. The maximum Gasteiger partial charge on any atom is 0.339 e. The van der Waals surface area contributed by atoms with Crippen LogP contribution >= 0.6 is 11.8 Å². The predicted octanol–water partition coefficient (Wildman–Crippen LogP) is 3.75. The molecule has 0 radical (unpaired) electrons. The molecular weight excluding hydrogens is 404 g/mol. The number of carbonyl (C=O) groups is 2. The zero-order valence-electron chi connectivity index (χ0n) is 16.3. The van der Waals surface area contributed by atoms with Crippen LogP contribution in [-0.2, 0) is 16.6 Å². The highest BCUT2D eigenvalue weighted by atomic mass is 32.2. The maximum atomic E-state index is 12.3. The van der Waals surface area contributed by atoms with Crippen molar-refractivity contribution in [1.29, 1.82) is 0 Å². The molecule has 0 aliphatic rings. The zero-order chi connectivity index (χ0) is 21.1. The summed E-state index contributed by atoms with van der Waals surface area (Å²) in [6, 6.07) is 16.6. The summed E-state index contributed by atoms with van der Waals surface area (Å²) in [5.41, 5.74) is 2.53. The van der Waals surface area contributed by atoms with E-state index < -0.39 is 5.97 Å². The molecule has 0 saturated carbocycles. The number of para-hydroxylation sites is 2. The van der Waals surface area contributed by atoms with E-state index in [4.69, 9.17) is 9.15 Å². The number of fused-ring (bicyclic) bond motifs is 1. The molecule has 0 unspecified atom stereocenters. The van der Waals surface area contributed by atoms with Crippen molar-refractivity contribution < 1.29 is 18.7 Å². The van der Waals surface area contributed by atoms with Gasteiger partial charge in [-0.05, 0) is 24.3 Å². The number of nitrogens with zero attached hydrogens (tertiary/aromatic N) is 3. The van der Waals surface area contributed by atoms with E-state index in [0.29, 0.717) is 11.6 Å². The van der Waals surface area contributed by atoms with Gasteiger partial charge in [-0.25, -0.2) is 4.79 Å². The molecule has 4 aromatic rings. The highest BCUT2D eigenvalue weighted by Gasteiger charge is 2.17. The number of anilines is 1. The van der Waals surface area contributed by atoms with E-state index in [0.717, 1.165) is 28.4 Å². The Labute approximate surface area is 176 Å². The summed E-state index contributed by atoms with van der Waals surface area (Å²) >= 11 is 1.12. The van der Waals surface area contributed by atoms with Gasteiger partial charge < -0.3 is 19.0 Å². The van der Waals surface area contributed by atoms with Crippen molar-refractivity contribution in [2.75, 3.05) is 18.2 Å². The fourth-order valence-corrected chi connectivity index (χ4v) is 3.62. The molecule has 152 valence electrons. The van der Waals surface area contributed by atoms with Crippen molar-refractivity contribution in [3.8, 4) is 11.6 Å². The normalized spacial score (nSPS) is 10.9. The van der Waals surface area contributed by atoms with E-state index >= 15 is 0 Å². The largest absolute Gasteiger partial charge is 0.465 e. The standard InChI is InChI=1S/C21H18N4O4S/c1-25-16-10-6-3-7-13(16)11-17(25)19-23-24-21(29-19)30-12-18(26)22-15-9-5-4-8-14(15)20(27)28-2/h3-11H,12H2,1-2H3,(H,22,26). The van der Waals surface area contributed by atoms with Gasteiger partial charge in [-0.15, -0.1) is 10.2 Å². The first-order valence-corrected chi connectivity index (χ1v) is 10.0. The second kappa shape index (κ2) is 8.42. The number of hydrogen-bond acceptors (Lipinski definition) is 7. The van der Waals surface area contributed by atoms with Gasteiger partial charge in [0.25, 0.3) is 11.1 Å². The van der Waals surface area contributed by atoms with Gasteiger partial charge in [0.05, 0.1) is 24.1 Å². The topological polar surface area (TPSA) is 99.2 Å². The molecule has 30 heavy (non-hydrogen) atoms. The number of carbonyl (C=O) groups excluding carboxylic acids is 2. The number of nitrogens with one attached hydrogen (secondary N) is 1. The Kier molecular flexibility index (Phi) is 5.53. The Hall–Kier alpha value is -3.59. The molecule has 2 heterocycles. The van der Waals surface area contributed by atoms with Crippen molar-refractivity contribution in [1.82, 2.24) is 14.8 Å². The molecular formula is C21H18N4O4S.